The molecule has 0 aliphatic heterocycles. The molecule has 0 atom stereocenters. The second-order valence-corrected chi connectivity index (χ2v) is 7.43. The Balaban J connectivity index is 2.17. The summed E-state index contributed by atoms with van der Waals surface area (Å²) in [5.74, 6) is 0. The monoisotopic (exact) mass is 309 g/mol. The van der Waals surface area contributed by atoms with Crippen LogP contribution in [0.25, 0.3) is 0 Å². The lowest BCUT2D eigenvalue weighted by atomic mass is 10.4. The minimum atomic E-state index is -0.0469. The first-order valence-electron chi connectivity index (χ1n) is 6.87. The second kappa shape index (κ2) is 6.88. The van der Waals surface area contributed by atoms with Gasteiger partial charge in [-0.2, -0.15) is 0 Å². The molecule has 0 unspecified atom stereocenters. The zero-order chi connectivity index (χ0) is 14.5. The fourth-order valence-corrected chi connectivity index (χ4v) is 5.40. The Bertz CT molecular complexity index is 654. The lowest BCUT2D eigenvalue weighted by Gasteiger charge is -2.10. The van der Waals surface area contributed by atoms with E-state index in [4.69, 9.17) is 0 Å². The van der Waals surface area contributed by atoms with Gasteiger partial charge in [0.15, 0.2) is 14.7 Å². The molecule has 0 heterocycles. The molecule has 0 saturated heterocycles. The molecule has 3 aromatic rings. The molecule has 0 spiro atoms. The van der Waals surface area contributed by atoms with Crippen molar-refractivity contribution < 1.29 is 0 Å². The fraction of sp³-hybridized carbons (Fsp3) is 0.0526. The number of hydrogen-bond donors (Lipinski definition) is 0. The Morgan fingerprint density at radius 3 is 1.62 bits per heavy atom. The van der Waals surface area contributed by atoms with Gasteiger partial charge >= 0.3 is 0 Å². The molecule has 0 fully saturated rings. The van der Waals surface area contributed by atoms with E-state index in [1.165, 1.54) is 19.6 Å². The van der Waals surface area contributed by atoms with Crippen LogP contribution in [0.4, 0.5) is 0 Å². The SMILES string of the molecule is CSc1ccccc1[S+](c1ccccc1)c1ccccc1. The van der Waals surface area contributed by atoms with E-state index in [0.29, 0.717) is 0 Å². The minimum Gasteiger partial charge on any atom is -0.124 e. The molecule has 0 bridgehead atoms. The van der Waals surface area contributed by atoms with Crippen molar-refractivity contribution in [2.45, 2.75) is 19.6 Å². The highest BCUT2D eigenvalue weighted by molar-refractivity contribution is 8.01. The summed E-state index contributed by atoms with van der Waals surface area (Å²) in [6.45, 7) is 0. The van der Waals surface area contributed by atoms with Crippen molar-refractivity contribution in [1.82, 2.24) is 0 Å². The Hall–Kier alpha value is -1.64. The van der Waals surface area contributed by atoms with Gasteiger partial charge in [-0.05, 0) is 42.7 Å². The summed E-state index contributed by atoms with van der Waals surface area (Å²) >= 11 is 1.82. The Morgan fingerprint density at radius 1 is 0.619 bits per heavy atom. The zero-order valence-corrected chi connectivity index (χ0v) is 13.5. The van der Waals surface area contributed by atoms with Crippen molar-refractivity contribution in [3.8, 4) is 0 Å². The summed E-state index contributed by atoms with van der Waals surface area (Å²) in [6.07, 6.45) is 2.15. The predicted molar refractivity (Wildman–Crippen MR) is 93.3 cm³/mol. The van der Waals surface area contributed by atoms with Crippen LogP contribution in [-0.2, 0) is 10.9 Å². The number of rotatable bonds is 4. The van der Waals surface area contributed by atoms with Crippen LogP contribution in [0.2, 0.25) is 0 Å². The molecular formula is C19H17S2+. The zero-order valence-electron chi connectivity index (χ0n) is 11.9. The average molecular weight is 309 g/mol. The van der Waals surface area contributed by atoms with Crippen LogP contribution < -0.4 is 0 Å². The maximum absolute atomic E-state index is 2.26. The predicted octanol–water partition coefficient (Wildman–Crippen LogP) is 5.50. The van der Waals surface area contributed by atoms with Gasteiger partial charge in [0.25, 0.3) is 0 Å². The largest absolute Gasteiger partial charge is 0.180 e. The van der Waals surface area contributed by atoms with E-state index in [2.05, 4.69) is 91.2 Å². The van der Waals surface area contributed by atoms with Gasteiger partial charge in [-0.15, -0.1) is 11.8 Å². The molecule has 0 amide bonds. The van der Waals surface area contributed by atoms with Crippen LogP contribution in [0.1, 0.15) is 0 Å². The molecule has 3 rings (SSSR count). The highest BCUT2D eigenvalue weighted by Crippen LogP contribution is 2.36. The molecule has 21 heavy (non-hydrogen) atoms. The quantitative estimate of drug-likeness (QED) is 0.453. The minimum absolute atomic E-state index is 0.0469. The molecule has 0 N–H and O–H groups in total. The third-order valence-electron chi connectivity index (χ3n) is 3.25. The van der Waals surface area contributed by atoms with Gasteiger partial charge < -0.3 is 0 Å². The van der Waals surface area contributed by atoms with Crippen molar-refractivity contribution in [1.29, 1.82) is 0 Å². The van der Waals surface area contributed by atoms with Crippen molar-refractivity contribution >= 4 is 22.7 Å². The highest BCUT2D eigenvalue weighted by Gasteiger charge is 2.30. The van der Waals surface area contributed by atoms with Gasteiger partial charge in [-0.1, -0.05) is 48.5 Å². The Morgan fingerprint density at radius 2 is 1.10 bits per heavy atom. The van der Waals surface area contributed by atoms with Crippen LogP contribution in [0.15, 0.2) is 105 Å². The molecule has 0 aromatic heterocycles. The molecule has 0 radical (unpaired) electrons. The van der Waals surface area contributed by atoms with Crippen LogP contribution in [-0.4, -0.2) is 6.26 Å². The lowest BCUT2D eigenvalue weighted by molar-refractivity contribution is 1.21. The van der Waals surface area contributed by atoms with Crippen molar-refractivity contribution in [2.24, 2.45) is 0 Å². The number of thioether (sulfide) groups is 1. The number of hydrogen-bond acceptors (Lipinski definition) is 1. The fourth-order valence-electron chi connectivity index (χ4n) is 2.29. The van der Waals surface area contributed by atoms with E-state index >= 15 is 0 Å². The first-order chi connectivity index (χ1) is 10.4. The second-order valence-electron chi connectivity index (χ2n) is 4.58. The highest BCUT2D eigenvalue weighted by atomic mass is 32.2. The first kappa shape index (κ1) is 14.3. The maximum Gasteiger partial charge on any atom is 0.180 e. The molecule has 0 saturated carbocycles. The third-order valence-corrected chi connectivity index (χ3v) is 6.45. The van der Waals surface area contributed by atoms with Crippen molar-refractivity contribution in [3.63, 3.8) is 0 Å². The van der Waals surface area contributed by atoms with Crippen LogP contribution in [0.3, 0.4) is 0 Å². The van der Waals surface area contributed by atoms with Gasteiger partial charge in [0.2, 0.25) is 0 Å². The molecule has 0 aliphatic rings. The normalized spacial score (nSPS) is 10.8. The molecule has 2 heteroatoms. The van der Waals surface area contributed by atoms with E-state index in [9.17, 15) is 0 Å². The summed E-state index contributed by atoms with van der Waals surface area (Å²) in [6, 6.07) is 30.3. The van der Waals surface area contributed by atoms with Crippen molar-refractivity contribution in [2.75, 3.05) is 6.26 Å². The molecule has 0 nitrogen and oxygen atoms in total. The summed E-state index contributed by atoms with van der Waals surface area (Å²) in [5, 5.41) is 0. The molecule has 0 aliphatic carbocycles. The van der Waals surface area contributed by atoms with Gasteiger partial charge in [-0.3, -0.25) is 0 Å². The molecule has 3 aromatic carbocycles. The summed E-state index contributed by atoms with van der Waals surface area (Å²) in [7, 11) is -0.0469. The standard InChI is InChI=1S/C19H17S2/c1-20-18-14-8-9-15-19(18)21(16-10-4-2-5-11-16)17-12-6-3-7-13-17/h2-15H,1H3/q+1. The number of benzene rings is 3. The van der Waals surface area contributed by atoms with E-state index in [1.807, 2.05) is 11.8 Å². The summed E-state index contributed by atoms with van der Waals surface area (Å²) < 4.78 is 0. The van der Waals surface area contributed by atoms with Crippen LogP contribution >= 0.6 is 11.8 Å². The molecule has 104 valence electrons. The molecular weight excluding hydrogens is 292 g/mol. The van der Waals surface area contributed by atoms with E-state index in [0.717, 1.165) is 0 Å². The van der Waals surface area contributed by atoms with Crippen LogP contribution in [0.5, 0.6) is 0 Å². The van der Waals surface area contributed by atoms with Gasteiger partial charge in [-0.25, -0.2) is 0 Å². The lowest BCUT2D eigenvalue weighted by Crippen LogP contribution is -2.05. The third kappa shape index (κ3) is 3.17. The van der Waals surface area contributed by atoms with E-state index in [1.54, 1.807) is 0 Å². The Labute approximate surface area is 133 Å². The van der Waals surface area contributed by atoms with E-state index < -0.39 is 0 Å². The van der Waals surface area contributed by atoms with Gasteiger partial charge in [0.05, 0.1) is 4.90 Å². The smallest absolute Gasteiger partial charge is 0.124 e. The summed E-state index contributed by atoms with van der Waals surface area (Å²) in [4.78, 5) is 5.49. The van der Waals surface area contributed by atoms with E-state index in [-0.39, 0.29) is 10.9 Å². The van der Waals surface area contributed by atoms with Gasteiger partial charge in [0.1, 0.15) is 10.9 Å². The van der Waals surface area contributed by atoms with Gasteiger partial charge in [0, 0.05) is 0 Å². The van der Waals surface area contributed by atoms with Crippen LogP contribution in [0, 0.1) is 0 Å². The maximum atomic E-state index is 2.26. The average Bonchev–Trinajstić information content (AvgIpc) is 2.58. The Kier molecular flexibility index (Phi) is 4.69. The summed E-state index contributed by atoms with van der Waals surface area (Å²) in [5.41, 5.74) is 0. The van der Waals surface area contributed by atoms with Crippen molar-refractivity contribution in [3.05, 3.63) is 84.9 Å². The first-order valence-corrected chi connectivity index (χ1v) is 9.32. The topological polar surface area (TPSA) is 0 Å².